The fraction of sp³-hybridized carbons (Fsp3) is 0.207. The van der Waals surface area contributed by atoms with Crippen molar-refractivity contribution in [3.63, 3.8) is 0 Å². The van der Waals surface area contributed by atoms with Crippen LogP contribution in [0.15, 0.2) is 41.2 Å². The number of halogens is 2. The van der Waals surface area contributed by atoms with Crippen LogP contribution in [0.3, 0.4) is 0 Å². The molecule has 4 aromatic rings. The first-order valence-corrected chi connectivity index (χ1v) is 12.3. The summed E-state index contributed by atoms with van der Waals surface area (Å²) in [6.45, 7) is 1.65. The third-order valence-electron chi connectivity index (χ3n) is 7.61. The molecule has 1 atom stereocenters. The van der Waals surface area contributed by atoms with Gasteiger partial charge in [-0.15, -0.1) is 0 Å². The van der Waals surface area contributed by atoms with Gasteiger partial charge in [-0.1, -0.05) is 25.1 Å². The van der Waals surface area contributed by atoms with Crippen molar-refractivity contribution in [3.8, 4) is 22.9 Å². The topological polar surface area (TPSA) is 99.9 Å². The molecule has 8 nitrogen and oxygen atoms in total. The lowest BCUT2D eigenvalue weighted by Gasteiger charge is -2.31. The number of cyclic esters (lactones) is 1. The molecule has 0 bridgehead atoms. The van der Waals surface area contributed by atoms with Crippen LogP contribution in [0.5, 0.6) is 11.5 Å². The third-order valence-corrected chi connectivity index (χ3v) is 7.61. The number of fused-ring (bicyclic) bond motifs is 6. The van der Waals surface area contributed by atoms with Crippen LogP contribution in [0.1, 0.15) is 41.2 Å². The normalized spacial score (nSPS) is 18.8. The molecule has 0 amide bonds. The molecule has 0 saturated heterocycles. The number of ether oxygens (including phenoxy) is 3. The van der Waals surface area contributed by atoms with Crippen molar-refractivity contribution in [2.24, 2.45) is 0 Å². The predicted octanol–water partition coefficient (Wildman–Crippen LogP) is 4.26. The molecule has 1 N–H and O–H groups in total. The lowest BCUT2D eigenvalue weighted by Crippen LogP contribution is -2.44. The molecule has 3 aliphatic rings. The van der Waals surface area contributed by atoms with Gasteiger partial charge in [0.2, 0.25) is 6.79 Å². The average Bonchev–Trinajstić information content (AvgIpc) is 3.54. The van der Waals surface area contributed by atoms with Gasteiger partial charge < -0.3 is 23.9 Å². The predicted molar refractivity (Wildman–Crippen MR) is 136 cm³/mol. The number of aromatic nitrogens is 2. The average molecular weight is 530 g/mol. The Morgan fingerprint density at radius 1 is 1.03 bits per heavy atom. The SMILES string of the molecule is CC[C@@]1(O)C(=O)OCc2c1cc1n(c2=O)Cc2c-1nc1cc3c(cc1c2/C=C/c1ccc(F)c(F)c1)OCO3. The van der Waals surface area contributed by atoms with Gasteiger partial charge in [-0.25, -0.2) is 18.6 Å². The minimum atomic E-state index is -1.94. The van der Waals surface area contributed by atoms with Crippen molar-refractivity contribution >= 4 is 29.0 Å². The second kappa shape index (κ2) is 8.21. The number of pyridine rings is 2. The van der Waals surface area contributed by atoms with E-state index in [4.69, 9.17) is 19.2 Å². The Bertz CT molecular complexity index is 1850. The highest BCUT2D eigenvalue weighted by atomic mass is 19.2. The molecule has 10 heteroatoms. The summed E-state index contributed by atoms with van der Waals surface area (Å²) in [7, 11) is 0. The fourth-order valence-corrected chi connectivity index (χ4v) is 5.49. The molecule has 196 valence electrons. The van der Waals surface area contributed by atoms with E-state index in [9.17, 15) is 23.5 Å². The van der Waals surface area contributed by atoms with E-state index in [1.807, 2.05) is 0 Å². The van der Waals surface area contributed by atoms with Gasteiger partial charge in [-0.05, 0) is 41.8 Å². The number of esters is 1. The van der Waals surface area contributed by atoms with Crippen molar-refractivity contribution in [3.05, 3.63) is 86.2 Å². The van der Waals surface area contributed by atoms with Crippen LogP contribution in [-0.2, 0) is 28.3 Å². The fourth-order valence-electron chi connectivity index (χ4n) is 5.49. The number of carbonyl (C=O) groups is 1. The van der Waals surface area contributed by atoms with Crippen molar-refractivity contribution in [1.29, 1.82) is 0 Å². The van der Waals surface area contributed by atoms with Gasteiger partial charge in [-0.3, -0.25) is 4.79 Å². The Balaban J connectivity index is 1.48. The lowest BCUT2D eigenvalue weighted by molar-refractivity contribution is -0.172. The van der Waals surface area contributed by atoms with Gasteiger partial charge in [0.15, 0.2) is 28.7 Å². The molecule has 0 radical (unpaired) electrons. The van der Waals surface area contributed by atoms with E-state index in [2.05, 4.69) is 0 Å². The zero-order valence-electron chi connectivity index (χ0n) is 20.6. The minimum absolute atomic E-state index is 0.0332. The highest BCUT2D eigenvalue weighted by Gasteiger charge is 2.45. The molecule has 0 aliphatic carbocycles. The first-order valence-electron chi connectivity index (χ1n) is 12.3. The summed E-state index contributed by atoms with van der Waals surface area (Å²) in [6, 6.07) is 8.80. The van der Waals surface area contributed by atoms with E-state index in [0.717, 1.165) is 12.1 Å². The quantitative estimate of drug-likeness (QED) is 0.348. The Morgan fingerprint density at radius 3 is 2.59 bits per heavy atom. The van der Waals surface area contributed by atoms with Gasteiger partial charge in [0.25, 0.3) is 5.56 Å². The largest absolute Gasteiger partial charge is 0.458 e. The summed E-state index contributed by atoms with van der Waals surface area (Å²) in [5.41, 5.74) is 1.51. The number of aliphatic hydroxyl groups is 1. The van der Waals surface area contributed by atoms with Crippen LogP contribution in [0.4, 0.5) is 8.78 Å². The lowest BCUT2D eigenvalue weighted by atomic mass is 9.86. The van der Waals surface area contributed by atoms with E-state index in [-0.39, 0.29) is 43.1 Å². The molecule has 0 saturated carbocycles. The van der Waals surface area contributed by atoms with Crippen molar-refractivity contribution in [1.82, 2.24) is 9.55 Å². The zero-order valence-corrected chi connectivity index (χ0v) is 20.6. The van der Waals surface area contributed by atoms with Crippen LogP contribution >= 0.6 is 0 Å². The standard InChI is InChI=1S/C29H20F2N2O6/c1-2-29(36)19-9-23-26-17(11-33(23)27(34)18(19)12-37-28(29)35)15(5-3-14-4-6-20(30)21(31)7-14)16-8-24-25(39-13-38-24)10-22(16)32-26/h3-10,36H,2,11-13H2,1H3/b5-3+/t29-/m0/s1. The Labute approximate surface area is 219 Å². The molecule has 0 unspecified atom stereocenters. The van der Waals surface area contributed by atoms with E-state index in [1.54, 1.807) is 41.8 Å². The summed E-state index contributed by atoms with van der Waals surface area (Å²) in [5, 5.41) is 11.9. The second-order valence-electron chi connectivity index (χ2n) is 9.69. The van der Waals surface area contributed by atoms with Gasteiger partial charge in [0.05, 0.1) is 29.0 Å². The van der Waals surface area contributed by atoms with Gasteiger partial charge in [-0.2, -0.15) is 0 Å². The Morgan fingerprint density at radius 2 is 1.82 bits per heavy atom. The van der Waals surface area contributed by atoms with Gasteiger partial charge in [0, 0.05) is 22.6 Å². The van der Waals surface area contributed by atoms with E-state index in [0.29, 0.717) is 50.5 Å². The molecule has 0 spiro atoms. The maximum Gasteiger partial charge on any atom is 0.343 e. The van der Waals surface area contributed by atoms with Crippen molar-refractivity contribution in [2.75, 3.05) is 6.79 Å². The number of nitrogens with zero attached hydrogens (tertiary/aromatic N) is 2. The van der Waals surface area contributed by atoms with Crippen LogP contribution in [0, 0.1) is 11.6 Å². The van der Waals surface area contributed by atoms with Crippen LogP contribution < -0.4 is 15.0 Å². The Kier molecular flexibility index (Phi) is 4.96. The Hall–Kier alpha value is -4.57. The van der Waals surface area contributed by atoms with Crippen LogP contribution in [0.2, 0.25) is 0 Å². The van der Waals surface area contributed by atoms with E-state index < -0.39 is 23.2 Å². The molecule has 7 rings (SSSR count). The molecular weight excluding hydrogens is 510 g/mol. The van der Waals surface area contributed by atoms with Gasteiger partial charge >= 0.3 is 5.97 Å². The number of carbonyl (C=O) groups excluding carboxylic acids is 1. The number of hydrogen-bond donors (Lipinski definition) is 1. The summed E-state index contributed by atoms with van der Waals surface area (Å²) < 4.78 is 45.2. The zero-order chi connectivity index (χ0) is 27.1. The second-order valence-corrected chi connectivity index (χ2v) is 9.69. The number of hydrogen-bond acceptors (Lipinski definition) is 7. The highest BCUT2D eigenvalue weighted by molar-refractivity contribution is 5.97. The highest BCUT2D eigenvalue weighted by Crippen LogP contribution is 2.43. The number of rotatable bonds is 3. The molecule has 2 aromatic carbocycles. The van der Waals surface area contributed by atoms with E-state index >= 15 is 0 Å². The third kappa shape index (κ3) is 3.34. The first-order chi connectivity index (χ1) is 18.8. The molecule has 2 aromatic heterocycles. The van der Waals surface area contributed by atoms with Crippen LogP contribution in [-0.4, -0.2) is 27.4 Å². The summed E-state index contributed by atoms with van der Waals surface area (Å²) in [6.07, 6.45) is 3.45. The maximum atomic E-state index is 13.9. The molecular formula is C29H20F2N2O6. The first kappa shape index (κ1) is 23.5. The summed E-state index contributed by atoms with van der Waals surface area (Å²) in [5.74, 6) is -1.64. The molecule has 3 aliphatic heterocycles. The van der Waals surface area contributed by atoms with Gasteiger partial charge in [0.1, 0.15) is 6.61 Å². The van der Waals surface area contributed by atoms with Crippen molar-refractivity contribution in [2.45, 2.75) is 32.1 Å². The van der Waals surface area contributed by atoms with Crippen LogP contribution in [0.25, 0.3) is 34.4 Å². The smallest absolute Gasteiger partial charge is 0.343 e. The molecule has 0 fully saturated rings. The van der Waals surface area contributed by atoms with E-state index in [1.165, 1.54) is 6.07 Å². The number of benzene rings is 2. The summed E-state index contributed by atoms with van der Waals surface area (Å²) in [4.78, 5) is 30.9. The maximum absolute atomic E-state index is 13.9. The van der Waals surface area contributed by atoms with Crippen molar-refractivity contribution < 1.29 is 32.9 Å². The molecule has 5 heterocycles. The molecule has 39 heavy (non-hydrogen) atoms. The summed E-state index contributed by atoms with van der Waals surface area (Å²) >= 11 is 0. The monoisotopic (exact) mass is 530 g/mol. The minimum Gasteiger partial charge on any atom is -0.458 e.